The predicted octanol–water partition coefficient (Wildman–Crippen LogP) is 3.12. The second-order valence-electron chi connectivity index (χ2n) is 6.40. The number of sulfonamides is 1. The highest BCUT2D eigenvalue weighted by Gasteiger charge is 2.29. The molecule has 4 rings (SSSR count). The van der Waals surface area contributed by atoms with Crippen LogP contribution in [0.3, 0.4) is 0 Å². The summed E-state index contributed by atoms with van der Waals surface area (Å²) in [7, 11) is -3.59. The Bertz CT molecular complexity index is 1080. The highest BCUT2D eigenvalue weighted by molar-refractivity contribution is 7.89. The van der Waals surface area contributed by atoms with Gasteiger partial charge in [0.1, 0.15) is 11.1 Å². The van der Waals surface area contributed by atoms with Gasteiger partial charge in [-0.1, -0.05) is 30.3 Å². The molecule has 1 aromatic heterocycles. The highest BCUT2D eigenvalue weighted by atomic mass is 32.2. The van der Waals surface area contributed by atoms with Crippen molar-refractivity contribution in [3.63, 3.8) is 0 Å². The highest BCUT2D eigenvalue weighted by Crippen LogP contribution is 2.30. The summed E-state index contributed by atoms with van der Waals surface area (Å²) in [4.78, 5) is 13.8. The number of hydrogen-bond acceptors (Lipinski definition) is 5. The van der Waals surface area contributed by atoms with Crippen molar-refractivity contribution in [2.45, 2.75) is 17.5 Å². The standard InChI is InChI=1S/C20H19N3O3S2/c24-20(21-12-11-16-4-3-13-27-16)15-9-7-14(8-10-15)19-22-17-5-1-2-6-18(17)28(25,26)23-19/h1-10,13,19,22-23H,11-12H2,(H,21,24). The molecule has 1 atom stereocenters. The normalized spacial score (nSPS) is 17.4. The molecule has 0 saturated carbocycles. The lowest BCUT2D eigenvalue weighted by molar-refractivity contribution is 0.0954. The van der Waals surface area contributed by atoms with Crippen molar-refractivity contribution < 1.29 is 13.2 Å². The third-order valence-electron chi connectivity index (χ3n) is 4.49. The SMILES string of the molecule is O=C(NCCc1cccs1)c1ccc(C2Nc3ccccc3S(=O)(=O)N2)cc1. The number of carbonyl (C=O) groups excluding carboxylic acids is 1. The number of amides is 1. The first-order chi connectivity index (χ1) is 13.5. The summed E-state index contributed by atoms with van der Waals surface area (Å²) in [5.41, 5.74) is 1.82. The molecule has 0 bridgehead atoms. The number of carbonyl (C=O) groups is 1. The molecule has 6 nitrogen and oxygen atoms in total. The molecule has 0 fully saturated rings. The number of benzene rings is 2. The summed E-state index contributed by atoms with van der Waals surface area (Å²) in [6.45, 7) is 0.571. The first-order valence-electron chi connectivity index (χ1n) is 8.81. The fraction of sp³-hybridized carbons (Fsp3) is 0.150. The van der Waals surface area contributed by atoms with Crippen LogP contribution in [0.4, 0.5) is 5.69 Å². The second-order valence-corrected chi connectivity index (χ2v) is 9.12. The van der Waals surface area contributed by atoms with E-state index >= 15 is 0 Å². The third kappa shape index (κ3) is 3.94. The first-order valence-corrected chi connectivity index (χ1v) is 11.2. The van der Waals surface area contributed by atoms with Gasteiger partial charge in [-0.15, -0.1) is 11.3 Å². The lowest BCUT2D eigenvalue weighted by Crippen LogP contribution is -2.38. The summed E-state index contributed by atoms with van der Waals surface area (Å²) in [5.74, 6) is -0.148. The van der Waals surface area contributed by atoms with Gasteiger partial charge in [0, 0.05) is 17.0 Å². The number of rotatable bonds is 5. The Morgan fingerprint density at radius 3 is 2.57 bits per heavy atom. The van der Waals surface area contributed by atoms with Crippen LogP contribution in [-0.4, -0.2) is 20.9 Å². The smallest absolute Gasteiger partial charge is 0.251 e. The van der Waals surface area contributed by atoms with Gasteiger partial charge >= 0.3 is 0 Å². The van der Waals surface area contributed by atoms with Crippen LogP contribution >= 0.6 is 11.3 Å². The maximum absolute atomic E-state index is 12.4. The number of nitrogens with one attached hydrogen (secondary N) is 3. The van der Waals surface area contributed by atoms with Crippen molar-refractivity contribution in [1.82, 2.24) is 10.0 Å². The molecule has 0 saturated heterocycles. The van der Waals surface area contributed by atoms with Crippen LogP contribution < -0.4 is 15.4 Å². The Balaban J connectivity index is 1.43. The lowest BCUT2D eigenvalue weighted by atomic mass is 10.1. The van der Waals surface area contributed by atoms with E-state index in [2.05, 4.69) is 15.4 Å². The van der Waals surface area contributed by atoms with Crippen LogP contribution in [0.25, 0.3) is 0 Å². The average molecular weight is 414 g/mol. The van der Waals surface area contributed by atoms with Crippen molar-refractivity contribution in [2.24, 2.45) is 0 Å². The van der Waals surface area contributed by atoms with Crippen molar-refractivity contribution in [3.8, 4) is 0 Å². The van der Waals surface area contributed by atoms with E-state index in [9.17, 15) is 13.2 Å². The van der Waals surface area contributed by atoms with Gasteiger partial charge in [-0.25, -0.2) is 8.42 Å². The zero-order valence-corrected chi connectivity index (χ0v) is 16.5. The predicted molar refractivity (Wildman–Crippen MR) is 110 cm³/mol. The van der Waals surface area contributed by atoms with Gasteiger partial charge in [-0.2, -0.15) is 4.72 Å². The van der Waals surface area contributed by atoms with Crippen LogP contribution in [0, 0.1) is 0 Å². The average Bonchev–Trinajstić information content (AvgIpc) is 3.21. The molecule has 3 aromatic rings. The van der Waals surface area contributed by atoms with Crippen molar-refractivity contribution >= 4 is 33.0 Å². The molecule has 0 aliphatic carbocycles. The number of anilines is 1. The van der Waals surface area contributed by atoms with E-state index in [1.807, 2.05) is 17.5 Å². The molecular formula is C20H19N3O3S2. The summed E-state index contributed by atoms with van der Waals surface area (Å²) < 4.78 is 27.5. The van der Waals surface area contributed by atoms with Gasteiger partial charge in [0.2, 0.25) is 10.0 Å². The molecule has 2 heterocycles. The maximum atomic E-state index is 12.4. The van der Waals surface area contributed by atoms with E-state index in [-0.39, 0.29) is 10.8 Å². The lowest BCUT2D eigenvalue weighted by Gasteiger charge is -2.28. The molecule has 3 N–H and O–H groups in total. The molecule has 144 valence electrons. The molecule has 1 aliphatic rings. The minimum absolute atomic E-state index is 0.148. The molecular weight excluding hydrogens is 394 g/mol. The van der Waals surface area contributed by atoms with E-state index in [1.165, 1.54) is 4.88 Å². The Hall–Kier alpha value is -2.68. The largest absolute Gasteiger partial charge is 0.364 e. The maximum Gasteiger partial charge on any atom is 0.251 e. The Morgan fingerprint density at radius 1 is 1.04 bits per heavy atom. The first kappa shape index (κ1) is 18.7. The monoisotopic (exact) mass is 413 g/mol. The number of fused-ring (bicyclic) bond motifs is 1. The van der Waals surface area contributed by atoms with Crippen LogP contribution in [0.15, 0.2) is 70.9 Å². The van der Waals surface area contributed by atoms with Gasteiger partial charge in [0.05, 0.1) is 5.69 Å². The van der Waals surface area contributed by atoms with Gasteiger partial charge in [0.15, 0.2) is 0 Å². The number of thiophene rings is 1. The fourth-order valence-corrected chi connectivity index (χ4v) is 5.07. The minimum atomic E-state index is -3.59. The van der Waals surface area contributed by atoms with Gasteiger partial charge in [0.25, 0.3) is 5.91 Å². The summed E-state index contributed by atoms with van der Waals surface area (Å²) in [5, 5.41) is 8.10. The summed E-state index contributed by atoms with van der Waals surface area (Å²) in [6.07, 6.45) is 0.213. The van der Waals surface area contributed by atoms with E-state index in [1.54, 1.807) is 59.9 Å². The van der Waals surface area contributed by atoms with E-state index in [0.717, 1.165) is 12.0 Å². The molecule has 0 radical (unpaired) electrons. The zero-order chi connectivity index (χ0) is 19.6. The quantitative estimate of drug-likeness (QED) is 0.600. The molecule has 1 aliphatic heterocycles. The van der Waals surface area contributed by atoms with Crippen molar-refractivity contribution in [1.29, 1.82) is 0 Å². The zero-order valence-electron chi connectivity index (χ0n) is 14.9. The van der Waals surface area contributed by atoms with Crippen LogP contribution in [0.2, 0.25) is 0 Å². The Morgan fingerprint density at radius 2 is 1.82 bits per heavy atom. The van der Waals surface area contributed by atoms with E-state index in [0.29, 0.717) is 17.8 Å². The van der Waals surface area contributed by atoms with E-state index < -0.39 is 16.2 Å². The second kappa shape index (κ2) is 7.75. The molecule has 0 spiro atoms. The van der Waals surface area contributed by atoms with Crippen LogP contribution in [-0.2, 0) is 16.4 Å². The van der Waals surface area contributed by atoms with Crippen LogP contribution in [0.1, 0.15) is 27.0 Å². The molecule has 28 heavy (non-hydrogen) atoms. The fourth-order valence-electron chi connectivity index (χ4n) is 3.06. The topological polar surface area (TPSA) is 87.3 Å². The minimum Gasteiger partial charge on any atom is -0.364 e. The Labute approximate surface area is 167 Å². The molecule has 8 heteroatoms. The molecule has 2 aromatic carbocycles. The number of para-hydroxylation sites is 1. The summed E-state index contributed by atoms with van der Waals surface area (Å²) >= 11 is 1.67. The van der Waals surface area contributed by atoms with Gasteiger partial charge < -0.3 is 10.6 Å². The number of hydrogen-bond donors (Lipinski definition) is 3. The summed E-state index contributed by atoms with van der Waals surface area (Å²) in [6, 6.07) is 17.7. The third-order valence-corrected chi connectivity index (χ3v) is 6.91. The van der Waals surface area contributed by atoms with Gasteiger partial charge in [-0.05, 0) is 47.7 Å². The Kier molecular flexibility index (Phi) is 5.17. The van der Waals surface area contributed by atoms with E-state index in [4.69, 9.17) is 0 Å². The molecule has 1 unspecified atom stereocenters. The van der Waals surface area contributed by atoms with Gasteiger partial charge in [-0.3, -0.25) is 4.79 Å². The van der Waals surface area contributed by atoms with Crippen LogP contribution in [0.5, 0.6) is 0 Å². The molecule has 1 amide bonds. The van der Waals surface area contributed by atoms with Crippen molar-refractivity contribution in [2.75, 3.05) is 11.9 Å². The van der Waals surface area contributed by atoms with Crippen molar-refractivity contribution in [3.05, 3.63) is 82.0 Å².